The summed E-state index contributed by atoms with van der Waals surface area (Å²) in [4.78, 5) is 25.6. The first-order valence-corrected chi connectivity index (χ1v) is 6.23. The molecule has 2 unspecified atom stereocenters. The van der Waals surface area contributed by atoms with Gasteiger partial charge in [0.2, 0.25) is 11.8 Å². The van der Waals surface area contributed by atoms with Gasteiger partial charge in [0.15, 0.2) is 0 Å². The molecule has 3 fully saturated rings. The Morgan fingerprint density at radius 2 is 1.75 bits per heavy atom. The van der Waals surface area contributed by atoms with E-state index in [9.17, 15) is 9.59 Å². The number of carbonyl (C=O) groups is 2. The predicted molar refractivity (Wildman–Crippen MR) is 58.3 cm³/mol. The van der Waals surface area contributed by atoms with Crippen LogP contribution in [0.4, 0.5) is 0 Å². The molecule has 4 heteroatoms. The summed E-state index contributed by atoms with van der Waals surface area (Å²) in [6.07, 6.45) is 5.58. The Morgan fingerprint density at radius 3 is 2.19 bits per heavy atom. The maximum atomic E-state index is 12.1. The smallest absolute Gasteiger partial charge is 0.232 e. The van der Waals surface area contributed by atoms with Gasteiger partial charge in [-0.3, -0.25) is 14.5 Å². The molecule has 3 aliphatic rings. The summed E-state index contributed by atoms with van der Waals surface area (Å²) in [7, 11) is 0. The first-order valence-electron chi connectivity index (χ1n) is 6.23. The van der Waals surface area contributed by atoms with Gasteiger partial charge in [-0.2, -0.15) is 0 Å². The zero-order valence-electron chi connectivity index (χ0n) is 9.45. The molecule has 2 amide bonds. The molecule has 2 saturated carbocycles. The third-order valence-corrected chi connectivity index (χ3v) is 4.49. The van der Waals surface area contributed by atoms with Crippen molar-refractivity contribution >= 4 is 11.8 Å². The van der Waals surface area contributed by atoms with Gasteiger partial charge >= 0.3 is 0 Å². The monoisotopic (exact) mass is 222 g/mol. The quantitative estimate of drug-likeness (QED) is 0.698. The number of piperidine rings is 1. The molecule has 4 nitrogen and oxygen atoms in total. The summed E-state index contributed by atoms with van der Waals surface area (Å²) in [6.45, 7) is 0.456. The lowest BCUT2D eigenvalue weighted by atomic mass is 9.77. The van der Waals surface area contributed by atoms with Gasteiger partial charge in [-0.25, -0.2) is 0 Å². The number of fused-ring (bicyclic) bond motifs is 2. The van der Waals surface area contributed by atoms with E-state index in [0.29, 0.717) is 6.54 Å². The highest BCUT2D eigenvalue weighted by Gasteiger charge is 2.48. The second-order valence-corrected chi connectivity index (χ2v) is 5.69. The predicted octanol–water partition coefficient (Wildman–Crippen LogP) is 0.653. The number of rotatable bonds is 2. The number of amides is 2. The lowest BCUT2D eigenvalue weighted by Crippen LogP contribution is -2.59. The molecule has 0 spiro atoms. The van der Waals surface area contributed by atoms with Crippen LogP contribution < -0.4 is 5.73 Å². The van der Waals surface area contributed by atoms with E-state index in [2.05, 4.69) is 0 Å². The second-order valence-electron chi connectivity index (χ2n) is 5.69. The number of hydrogen-bond acceptors (Lipinski definition) is 3. The summed E-state index contributed by atoms with van der Waals surface area (Å²) in [5, 5.41) is 0. The highest BCUT2D eigenvalue weighted by atomic mass is 16.2. The van der Waals surface area contributed by atoms with Gasteiger partial charge in [-0.05, 0) is 38.5 Å². The van der Waals surface area contributed by atoms with E-state index in [1.807, 2.05) is 0 Å². The van der Waals surface area contributed by atoms with Crippen molar-refractivity contribution in [3.8, 4) is 0 Å². The van der Waals surface area contributed by atoms with Crippen LogP contribution in [-0.2, 0) is 9.59 Å². The number of nitrogens with two attached hydrogens (primary N) is 1. The molecule has 2 atom stereocenters. The van der Waals surface area contributed by atoms with Gasteiger partial charge < -0.3 is 5.73 Å². The molecule has 1 heterocycles. The van der Waals surface area contributed by atoms with Gasteiger partial charge in [-0.15, -0.1) is 0 Å². The lowest BCUT2D eigenvalue weighted by molar-refractivity contribution is -0.154. The van der Waals surface area contributed by atoms with E-state index >= 15 is 0 Å². The fraction of sp³-hybridized carbons (Fsp3) is 0.833. The van der Waals surface area contributed by atoms with Gasteiger partial charge in [0, 0.05) is 23.9 Å². The minimum Gasteiger partial charge on any atom is -0.324 e. The minimum absolute atomic E-state index is 0.0375. The van der Waals surface area contributed by atoms with Crippen molar-refractivity contribution in [1.29, 1.82) is 0 Å². The number of carbonyl (C=O) groups excluding carboxylic acids is 2. The molecule has 3 rings (SSSR count). The summed E-state index contributed by atoms with van der Waals surface area (Å²) in [5.74, 6) is 0.281. The molecule has 0 radical (unpaired) electrons. The summed E-state index contributed by atoms with van der Waals surface area (Å²) < 4.78 is 0. The van der Waals surface area contributed by atoms with Crippen LogP contribution in [0.1, 0.15) is 38.5 Å². The Balaban J connectivity index is 1.78. The number of imide groups is 1. The molecular weight excluding hydrogens is 204 g/mol. The highest BCUT2D eigenvalue weighted by Crippen LogP contribution is 2.40. The van der Waals surface area contributed by atoms with Crippen LogP contribution in [0.5, 0.6) is 0 Å². The van der Waals surface area contributed by atoms with E-state index in [-0.39, 0.29) is 29.2 Å². The third-order valence-electron chi connectivity index (χ3n) is 4.49. The largest absolute Gasteiger partial charge is 0.324 e. The lowest BCUT2D eigenvalue weighted by Gasteiger charge is -2.43. The van der Waals surface area contributed by atoms with Crippen molar-refractivity contribution < 1.29 is 9.59 Å². The molecule has 2 N–H and O–H groups in total. The zero-order valence-corrected chi connectivity index (χ0v) is 9.45. The molecule has 0 aromatic carbocycles. The maximum absolute atomic E-state index is 12.1. The Labute approximate surface area is 95.2 Å². The molecule has 2 aliphatic carbocycles. The van der Waals surface area contributed by atoms with Gasteiger partial charge in [0.25, 0.3) is 0 Å². The van der Waals surface area contributed by atoms with Crippen LogP contribution in [0.3, 0.4) is 0 Å². The van der Waals surface area contributed by atoms with Crippen LogP contribution in [0.15, 0.2) is 0 Å². The van der Waals surface area contributed by atoms with Gasteiger partial charge in [-0.1, -0.05) is 0 Å². The Kier molecular flexibility index (Phi) is 2.11. The third kappa shape index (κ3) is 1.39. The van der Waals surface area contributed by atoms with E-state index in [4.69, 9.17) is 5.73 Å². The first kappa shape index (κ1) is 10.3. The standard InChI is InChI=1S/C12H18N2O2/c13-12(4-1-5-12)7-14-10(15)8-2-3-9(6-8)11(14)16/h8-9H,1-7,13H2. The molecule has 1 saturated heterocycles. The SMILES string of the molecule is NC1(CN2C(=O)C3CCC(C3)C2=O)CCC1. The number of hydrogen-bond donors (Lipinski definition) is 1. The van der Waals surface area contributed by atoms with Crippen LogP contribution in [0, 0.1) is 11.8 Å². The van der Waals surface area contributed by atoms with Crippen molar-refractivity contribution in [1.82, 2.24) is 4.90 Å². The van der Waals surface area contributed by atoms with Crippen molar-refractivity contribution in [2.75, 3.05) is 6.54 Å². The van der Waals surface area contributed by atoms with E-state index in [0.717, 1.165) is 38.5 Å². The van der Waals surface area contributed by atoms with Crippen molar-refractivity contribution in [2.24, 2.45) is 17.6 Å². The normalized spacial score (nSPS) is 36.4. The van der Waals surface area contributed by atoms with Crippen LogP contribution >= 0.6 is 0 Å². The average molecular weight is 222 g/mol. The topological polar surface area (TPSA) is 63.4 Å². The first-order chi connectivity index (χ1) is 7.59. The molecule has 1 aliphatic heterocycles. The summed E-state index contributed by atoms with van der Waals surface area (Å²) >= 11 is 0. The zero-order chi connectivity index (χ0) is 11.3. The van der Waals surface area contributed by atoms with E-state index < -0.39 is 0 Å². The Bertz CT molecular complexity index is 327. The molecule has 2 bridgehead atoms. The highest BCUT2D eigenvalue weighted by molar-refractivity contribution is 6.01. The molecule has 0 aromatic rings. The molecule has 0 aromatic heterocycles. The maximum Gasteiger partial charge on any atom is 0.232 e. The van der Waals surface area contributed by atoms with Gasteiger partial charge in [0.1, 0.15) is 0 Å². The second kappa shape index (κ2) is 3.29. The Morgan fingerprint density at radius 1 is 1.19 bits per heavy atom. The fourth-order valence-electron chi connectivity index (χ4n) is 3.24. The minimum atomic E-state index is -0.276. The summed E-state index contributed by atoms with van der Waals surface area (Å²) in [6, 6.07) is 0. The van der Waals surface area contributed by atoms with Crippen molar-refractivity contribution in [3.63, 3.8) is 0 Å². The van der Waals surface area contributed by atoms with Crippen molar-refractivity contribution in [2.45, 2.75) is 44.1 Å². The number of likely N-dealkylation sites (tertiary alicyclic amines) is 1. The fourth-order valence-corrected chi connectivity index (χ4v) is 3.24. The average Bonchev–Trinajstić information content (AvgIpc) is 2.66. The summed E-state index contributed by atoms with van der Waals surface area (Å²) in [5.41, 5.74) is 5.85. The van der Waals surface area contributed by atoms with Crippen LogP contribution in [0.2, 0.25) is 0 Å². The number of nitrogens with zero attached hydrogens (tertiary/aromatic N) is 1. The van der Waals surface area contributed by atoms with Crippen LogP contribution in [0.25, 0.3) is 0 Å². The van der Waals surface area contributed by atoms with E-state index in [1.54, 1.807) is 0 Å². The molecular formula is C12H18N2O2. The van der Waals surface area contributed by atoms with E-state index in [1.165, 1.54) is 4.90 Å². The molecule has 88 valence electrons. The van der Waals surface area contributed by atoms with Crippen molar-refractivity contribution in [3.05, 3.63) is 0 Å². The molecule has 16 heavy (non-hydrogen) atoms. The van der Waals surface area contributed by atoms with Crippen LogP contribution in [-0.4, -0.2) is 28.8 Å². The Hall–Kier alpha value is -0.900. The van der Waals surface area contributed by atoms with Gasteiger partial charge in [0.05, 0.1) is 0 Å².